The Balaban J connectivity index is 1.49. The van der Waals surface area contributed by atoms with Crippen LogP contribution in [0.15, 0.2) is 35.8 Å². The van der Waals surface area contributed by atoms with Crippen molar-refractivity contribution in [3.8, 4) is 11.8 Å². The van der Waals surface area contributed by atoms with Gasteiger partial charge in [0.05, 0.1) is 6.54 Å². The number of aromatic nitrogens is 1. The first-order valence-electron chi connectivity index (χ1n) is 6.92. The lowest BCUT2D eigenvalue weighted by Crippen LogP contribution is -2.46. The maximum Gasteiger partial charge on any atom is 0.185 e. The molecule has 1 aromatic heterocycles. The Morgan fingerprint density at radius 2 is 1.90 bits per heavy atom. The Hall–Kier alpha value is -1.90. The molecule has 0 unspecified atom stereocenters. The lowest BCUT2D eigenvalue weighted by atomic mass is 10.2. The van der Waals surface area contributed by atoms with Gasteiger partial charge in [-0.05, 0) is 24.3 Å². The van der Waals surface area contributed by atoms with Crippen molar-refractivity contribution >= 4 is 16.5 Å². The number of hydrogen-bond acceptors (Lipinski definition) is 4. The number of rotatable bonds is 2. The fourth-order valence-corrected chi connectivity index (χ4v) is 2.95. The largest absolute Gasteiger partial charge is 0.346 e. The highest BCUT2D eigenvalue weighted by molar-refractivity contribution is 7.13. The normalized spacial score (nSPS) is 15.6. The van der Waals surface area contributed by atoms with Crippen molar-refractivity contribution < 1.29 is 4.39 Å². The Kier molecular flexibility index (Phi) is 4.49. The van der Waals surface area contributed by atoms with E-state index in [1.165, 1.54) is 12.1 Å². The van der Waals surface area contributed by atoms with Gasteiger partial charge in [-0.25, -0.2) is 9.37 Å². The first-order chi connectivity index (χ1) is 10.3. The third-order valence-electron chi connectivity index (χ3n) is 3.44. The highest BCUT2D eigenvalue weighted by Crippen LogP contribution is 2.18. The maximum absolute atomic E-state index is 12.8. The molecule has 3 nitrogen and oxygen atoms in total. The standard InChI is InChI=1S/C16H16FN3S/c17-15-5-3-14(4-6-15)2-1-8-19-9-11-20(12-10-19)16-18-7-13-21-16/h3-7,13H,8-12H2. The van der Waals surface area contributed by atoms with Crippen LogP contribution >= 0.6 is 11.3 Å². The summed E-state index contributed by atoms with van der Waals surface area (Å²) in [5.41, 5.74) is 0.859. The molecule has 0 radical (unpaired) electrons. The van der Waals surface area contributed by atoms with Gasteiger partial charge in [0.25, 0.3) is 0 Å². The summed E-state index contributed by atoms with van der Waals surface area (Å²) in [7, 11) is 0. The minimum Gasteiger partial charge on any atom is -0.346 e. The predicted molar refractivity (Wildman–Crippen MR) is 84.0 cm³/mol. The van der Waals surface area contributed by atoms with Gasteiger partial charge in [0.2, 0.25) is 0 Å². The van der Waals surface area contributed by atoms with Crippen LogP contribution in [-0.4, -0.2) is 42.6 Å². The van der Waals surface area contributed by atoms with Crippen LogP contribution in [0.5, 0.6) is 0 Å². The lowest BCUT2D eigenvalue weighted by Gasteiger charge is -2.33. The first-order valence-corrected chi connectivity index (χ1v) is 7.80. The van der Waals surface area contributed by atoms with E-state index in [-0.39, 0.29) is 5.82 Å². The summed E-state index contributed by atoms with van der Waals surface area (Å²) in [6.07, 6.45) is 1.85. The van der Waals surface area contributed by atoms with Gasteiger partial charge in [0.15, 0.2) is 5.13 Å². The van der Waals surface area contributed by atoms with Crippen molar-refractivity contribution in [2.45, 2.75) is 0 Å². The zero-order valence-electron chi connectivity index (χ0n) is 11.6. The lowest BCUT2D eigenvalue weighted by molar-refractivity contribution is 0.288. The molecule has 3 rings (SSSR count). The van der Waals surface area contributed by atoms with Crippen molar-refractivity contribution in [2.75, 3.05) is 37.6 Å². The number of hydrogen-bond donors (Lipinski definition) is 0. The molecule has 1 aromatic carbocycles. The number of thiazole rings is 1. The maximum atomic E-state index is 12.8. The highest BCUT2D eigenvalue weighted by Gasteiger charge is 2.17. The minimum absolute atomic E-state index is 0.223. The molecule has 0 amide bonds. The number of anilines is 1. The van der Waals surface area contributed by atoms with Crippen LogP contribution < -0.4 is 4.90 Å². The summed E-state index contributed by atoms with van der Waals surface area (Å²) in [6.45, 7) is 4.73. The summed E-state index contributed by atoms with van der Waals surface area (Å²) in [5.74, 6) is 6.01. The molecule has 2 aromatic rings. The molecular formula is C16H16FN3S. The van der Waals surface area contributed by atoms with Crippen molar-refractivity contribution in [1.82, 2.24) is 9.88 Å². The first kappa shape index (κ1) is 14.1. The number of piperazine rings is 1. The summed E-state index contributed by atoms with van der Waals surface area (Å²) in [5, 5.41) is 3.11. The molecule has 0 aliphatic carbocycles. The Bertz CT molecular complexity index is 620. The quantitative estimate of drug-likeness (QED) is 0.794. The third-order valence-corrected chi connectivity index (χ3v) is 4.27. The van der Waals surface area contributed by atoms with Gasteiger partial charge in [-0.2, -0.15) is 0 Å². The second-order valence-corrected chi connectivity index (χ2v) is 5.76. The van der Waals surface area contributed by atoms with Crippen LogP contribution in [0.4, 0.5) is 9.52 Å². The molecule has 0 N–H and O–H groups in total. The van der Waals surface area contributed by atoms with Gasteiger partial charge in [-0.3, -0.25) is 4.90 Å². The Morgan fingerprint density at radius 1 is 1.14 bits per heavy atom. The topological polar surface area (TPSA) is 19.4 Å². The van der Waals surface area contributed by atoms with Gasteiger partial charge in [0, 0.05) is 43.3 Å². The van der Waals surface area contributed by atoms with Crippen molar-refractivity contribution in [2.24, 2.45) is 0 Å². The fraction of sp³-hybridized carbons (Fsp3) is 0.312. The summed E-state index contributed by atoms with van der Waals surface area (Å²) in [4.78, 5) is 8.99. The van der Waals surface area contributed by atoms with Crippen LogP contribution in [0.3, 0.4) is 0 Å². The molecule has 0 spiro atoms. The molecule has 1 aliphatic heterocycles. The van der Waals surface area contributed by atoms with Crippen LogP contribution in [0.1, 0.15) is 5.56 Å². The highest BCUT2D eigenvalue weighted by atomic mass is 32.1. The Labute approximate surface area is 128 Å². The van der Waals surface area contributed by atoms with E-state index in [0.717, 1.165) is 43.4 Å². The van der Waals surface area contributed by atoms with E-state index in [0.29, 0.717) is 0 Å². The van der Waals surface area contributed by atoms with Crippen LogP contribution in [0.25, 0.3) is 0 Å². The van der Waals surface area contributed by atoms with Crippen molar-refractivity contribution in [3.05, 3.63) is 47.2 Å². The molecule has 0 bridgehead atoms. The number of nitrogens with zero attached hydrogens (tertiary/aromatic N) is 3. The van der Waals surface area contributed by atoms with E-state index in [4.69, 9.17) is 0 Å². The molecular weight excluding hydrogens is 285 g/mol. The van der Waals surface area contributed by atoms with E-state index in [2.05, 4.69) is 26.6 Å². The molecule has 1 fully saturated rings. The fourth-order valence-electron chi connectivity index (χ4n) is 2.26. The average molecular weight is 301 g/mol. The van der Waals surface area contributed by atoms with Crippen molar-refractivity contribution in [1.29, 1.82) is 0 Å². The summed E-state index contributed by atoms with van der Waals surface area (Å²) in [6, 6.07) is 6.30. The Morgan fingerprint density at radius 3 is 2.57 bits per heavy atom. The molecule has 0 saturated carbocycles. The van der Waals surface area contributed by atoms with Gasteiger partial charge in [0.1, 0.15) is 5.82 Å². The molecule has 5 heteroatoms. The van der Waals surface area contributed by atoms with E-state index in [9.17, 15) is 4.39 Å². The van der Waals surface area contributed by atoms with Crippen LogP contribution in [0.2, 0.25) is 0 Å². The smallest absolute Gasteiger partial charge is 0.185 e. The van der Waals surface area contributed by atoms with Gasteiger partial charge < -0.3 is 4.90 Å². The summed E-state index contributed by atoms with van der Waals surface area (Å²) < 4.78 is 12.8. The molecule has 1 saturated heterocycles. The molecule has 1 aliphatic rings. The second kappa shape index (κ2) is 6.70. The molecule has 2 heterocycles. The van der Waals surface area contributed by atoms with E-state index < -0.39 is 0 Å². The summed E-state index contributed by atoms with van der Waals surface area (Å²) >= 11 is 1.68. The third kappa shape index (κ3) is 3.81. The number of benzene rings is 1. The van der Waals surface area contributed by atoms with Crippen molar-refractivity contribution in [3.63, 3.8) is 0 Å². The van der Waals surface area contributed by atoms with E-state index >= 15 is 0 Å². The minimum atomic E-state index is -0.223. The van der Waals surface area contributed by atoms with Crippen LogP contribution in [-0.2, 0) is 0 Å². The van der Waals surface area contributed by atoms with E-state index in [1.807, 2.05) is 11.6 Å². The van der Waals surface area contributed by atoms with Gasteiger partial charge in [-0.15, -0.1) is 11.3 Å². The zero-order chi connectivity index (χ0) is 14.5. The number of halogens is 1. The second-order valence-electron chi connectivity index (χ2n) is 4.89. The average Bonchev–Trinajstić information content (AvgIpc) is 3.04. The van der Waals surface area contributed by atoms with Gasteiger partial charge >= 0.3 is 0 Å². The zero-order valence-corrected chi connectivity index (χ0v) is 12.4. The molecule has 0 atom stereocenters. The SMILES string of the molecule is Fc1ccc(C#CCN2CCN(c3nccs3)CC2)cc1. The molecule has 108 valence electrons. The predicted octanol–water partition coefficient (Wildman–Crippen LogP) is 2.46. The van der Waals surface area contributed by atoms with Crippen LogP contribution in [0, 0.1) is 17.7 Å². The van der Waals surface area contributed by atoms with E-state index in [1.54, 1.807) is 23.5 Å². The monoisotopic (exact) mass is 301 g/mol. The molecule has 21 heavy (non-hydrogen) atoms. The van der Waals surface area contributed by atoms with Gasteiger partial charge in [-0.1, -0.05) is 11.8 Å².